The minimum Gasteiger partial charge on any atom is -0.469 e. The number of hydrogen-bond donors (Lipinski definition) is 2. The standard InChI is InChI=1S/C20H35NO4/c1-3-4-7-10-17(22)12-15-20(18(23)13-16-21-20)14-9-6-5-8-11-19(24)25-2/h6,9,17,21-22H,3-5,7-8,10-16H2,1-2H3/t17?,20-/m0/s1. The fraction of sp³-hybridized carbons (Fsp3) is 0.800. The van der Waals surface area contributed by atoms with Crippen LogP contribution in [0.1, 0.15) is 77.6 Å². The fourth-order valence-electron chi connectivity index (χ4n) is 3.33. The van der Waals surface area contributed by atoms with Crippen LogP contribution in [0, 0.1) is 0 Å². The fourth-order valence-corrected chi connectivity index (χ4v) is 3.33. The Morgan fingerprint density at radius 3 is 2.76 bits per heavy atom. The molecule has 25 heavy (non-hydrogen) atoms. The molecule has 1 unspecified atom stereocenters. The molecule has 144 valence electrons. The largest absolute Gasteiger partial charge is 0.469 e. The highest BCUT2D eigenvalue weighted by Gasteiger charge is 2.40. The van der Waals surface area contributed by atoms with Crippen LogP contribution in [0.4, 0.5) is 0 Å². The Balaban J connectivity index is 2.40. The molecule has 1 aliphatic heterocycles. The first kappa shape index (κ1) is 21.8. The van der Waals surface area contributed by atoms with Gasteiger partial charge in [-0.2, -0.15) is 0 Å². The summed E-state index contributed by atoms with van der Waals surface area (Å²) in [5.74, 6) is 0.0713. The quantitative estimate of drug-likeness (QED) is 0.302. The Hall–Kier alpha value is -1.20. The zero-order valence-corrected chi connectivity index (χ0v) is 15.9. The van der Waals surface area contributed by atoms with E-state index in [0.29, 0.717) is 32.1 Å². The third-order valence-electron chi connectivity index (χ3n) is 5.01. The maximum Gasteiger partial charge on any atom is 0.305 e. The van der Waals surface area contributed by atoms with Crippen LogP contribution in [-0.2, 0) is 14.3 Å². The Labute approximate surface area is 152 Å². The first-order valence-corrected chi connectivity index (χ1v) is 9.72. The van der Waals surface area contributed by atoms with Crippen molar-refractivity contribution >= 4 is 11.8 Å². The molecule has 1 aliphatic rings. The summed E-state index contributed by atoms with van der Waals surface area (Å²) in [7, 11) is 1.40. The van der Waals surface area contributed by atoms with Gasteiger partial charge in [0.25, 0.3) is 0 Å². The lowest BCUT2D eigenvalue weighted by Gasteiger charge is -2.28. The third-order valence-corrected chi connectivity index (χ3v) is 5.01. The van der Waals surface area contributed by atoms with Gasteiger partial charge in [-0.05, 0) is 38.5 Å². The van der Waals surface area contributed by atoms with Gasteiger partial charge < -0.3 is 15.2 Å². The molecule has 5 heteroatoms. The summed E-state index contributed by atoms with van der Waals surface area (Å²) >= 11 is 0. The molecule has 0 aromatic heterocycles. The van der Waals surface area contributed by atoms with Gasteiger partial charge in [0.2, 0.25) is 0 Å². The Bertz CT molecular complexity index is 435. The molecular weight excluding hydrogens is 318 g/mol. The first-order chi connectivity index (χ1) is 12.0. The molecule has 1 rings (SSSR count). The van der Waals surface area contributed by atoms with Crippen molar-refractivity contribution in [3.8, 4) is 0 Å². The smallest absolute Gasteiger partial charge is 0.305 e. The number of carbonyl (C=O) groups is 2. The van der Waals surface area contributed by atoms with E-state index in [2.05, 4.69) is 17.0 Å². The molecule has 0 aromatic carbocycles. The van der Waals surface area contributed by atoms with Crippen LogP contribution in [0.2, 0.25) is 0 Å². The molecule has 0 radical (unpaired) electrons. The number of nitrogens with one attached hydrogen (secondary N) is 1. The summed E-state index contributed by atoms with van der Waals surface area (Å²) < 4.78 is 4.62. The van der Waals surface area contributed by atoms with Gasteiger partial charge in [0, 0.05) is 19.4 Å². The van der Waals surface area contributed by atoms with Crippen LogP contribution in [-0.4, -0.2) is 42.2 Å². The monoisotopic (exact) mass is 353 g/mol. The summed E-state index contributed by atoms with van der Waals surface area (Å²) in [5.41, 5.74) is -0.509. The van der Waals surface area contributed by atoms with E-state index in [1.807, 2.05) is 12.2 Å². The molecule has 1 saturated heterocycles. The second-order valence-corrected chi connectivity index (χ2v) is 7.01. The first-order valence-electron chi connectivity index (χ1n) is 9.72. The highest BCUT2D eigenvalue weighted by atomic mass is 16.5. The van der Waals surface area contributed by atoms with Crippen molar-refractivity contribution in [1.29, 1.82) is 0 Å². The predicted octanol–water partition coefficient (Wildman–Crippen LogP) is 3.30. The zero-order chi connectivity index (χ0) is 18.5. The third kappa shape index (κ3) is 8.15. The number of carbonyl (C=O) groups excluding carboxylic acids is 2. The second-order valence-electron chi connectivity index (χ2n) is 7.01. The minimum absolute atomic E-state index is 0.186. The molecular formula is C20H35NO4. The van der Waals surface area contributed by atoms with Gasteiger partial charge in [0.1, 0.15) is 0 Å². The van der Waals surface area contributed by atoms with Crippen molar-refractivity contribution in [2.45, 2.75) is 89.2 Å². The van der Waals surface area contributed by atoms with Crippen LogP contribution in [0.3, 0.4) is 0 Å². The van der Waals surface area contributed by atoms with E-state index in [1.54, 1.807) is 0 Å². The highest BCUT2D eigenvalue weighted by Crippen LogP contribution is 2.27. The number of Topliss-reactive ketones (excluding diaryl/α,β-unsaturated/α-hetero) is 1. The molecule has 2 N–H and O–H groups in total. The predicted molar refractivity (Wildman–Crippen MR) is 99.4 cm³/mol. The Morgan fingerprint density at radius 2 is 2.12 bits per heavy atom. The molecule has 0 saturated carbocycles. The van der Waals surface area contributed by atoms with E-state index in [4.69, 9.17) is 0 Å². The van der Waals surface area contributed by atoms with Crippen molar-refractivity contribution in [2.24, 2.45) is 0 Å². The zero-order valence-electron chi connectivity index (χ0n) is 15.9. The van der Waals surface area contributed by atoms with Gasteiger partial charge in [0.05, 0.1) is 18.8 Å². The Kier molecular flexibility index (Phi) is 10.7. The topological polar surface area (TPSA) is 75.6 Å². The molecule has 1 heterocycles. The minimum atomic E-state index is -0.509. The number of aliphatic hydroxyl groups is 1. The molecule has 5 nitrogen and oxygen atoms in total. The molecule has 1 fully saturated rings. The number of allylic oxidation sites excluding steroid dienone is 1. The summed E-state index contributed by atoms with van der Waals surface area (Å²) in [6, 6.07) is 0. The van der Waals surface area contributed by atoms with Gasteiger partial charge in [-0.3, -0.25) is 9.59 Å². The number of methoxy groups -OCH3 is 1. The average Bonchev–Trinajstić information content (AvgIpc) is 2.97. The lowest BCUT2D eigenvalue weighted by Crippen LogP contribution is -2.45. The maximum atomic E-state index is 12.4. The van der Waals surface area contributed by atoms with Crippen molar-refractivity contribution in [3.05, 3.63) is 12.2 Å². The SMILES string of the molecule is CCCCCC(O)CC[C@]1(CC=CCCCC(=O)OC)NCCC1=O. The van der Waals surface area contributed by atoms with E-state index in [9.17, 15) is 14.7 Å². The molecule has 0 aliphatic carbocycles. The van der Waals surface area contributed by atoms with Gasteiger partial charge in [-0.15, -0.1) is 0 Å². The lowest BCUT2D eigenvalue weighted by atomic mass is 9.85. The lowest BCUT2D eigenvalue weighted by molar-refractivity contribution is -0.140. The average molecular weight is 354 g/mol. The van der Waals surface area contributed by atoms with Crippen LogP contribution in [0.25, 0.3) is 0 Å². The molecule has 0 spiro atoms. The molecule has 2 atom stereocenters. The van der Waals surface area contributed by atoms with E-state index in [0.717, 1.165) is 45.1 Å². The van der Waals surface area contributed by atoms with E-state index in [-0.39, 0.29) is 17.9 Å². The van der Waals surface area contributed by atoms with E-state index < -0.39 is 5.54 Å². The van der Waals surface area contributed by atoms with Crippen LogP contribution < -0.4 is 5.32 Å². The number of ketones is 1. The summed E-state index contributed by atoms with van der Waals surface area (Å²) in [6.45, 7) is 2.88. The highest BCUT2D eigenvalue weighted by molar-refractivity contribution is 5.90. The van der Waals surface area contributed by atoms with Crippen molar-refractivity contribution in [1.82, 2.24) is 5.32 Å². The van der Waals surface area contributed by atoms with Crippen molar-refractivity contribution < 1.29 is 19.4 Å². The number of aliphatic hydroxyl groups excluding tert-OH is 1. The number of ether oxygens (including phenoxy) is 1. The molecule has 0 aromatic rings. The van der Waals surface area contributed by atoms with Gasteiger partial charge >= 0.3 is 5.97 Å². The molecule has 0 bridgehead atoms. The van der Waals surface area contributed by atoms with Crippen LogP contribution in [0.15, 0.2) is 12.2 Å². The van der Waals surface area contributed by atoms with Gasteiger partial charge in [-0.1, -0.05) is 38.3 Å². The summed E-state index contributed by atoms with van der Waals surface area (Å²) in [4.78, 5) is 23.4. The van der Waals surface area contributed by atoms with E-state index >= 15 is 0 Å². The second kappa shape index (κ2) is 12.2. The molecule has 0 amide bonds. The van der Waals surface area contributed by atoms with Gasteiger partial charge in [0.15, 0.2) is 5.78 Å². The van der Waals surface area contributed by atoms with Crippen LogP contribution in [0.5, 0.6) is 0 Å². The normalized spacial score (nSPS) is 21.8. The summed E-state index contributed by atoms with van der Waals surface area (Å²) in [5, 5.41) is 13.5. The van der Waals surface area contributed by atoms with Crippen LogP contribution >= 0.6 is 0 Å². The number of esters is 1. The van der Waals surface area contributed by atoms with E-state index in [1.165, 1.54) is 7.11 Å². The number of unbranched alkanes of at least 4 members (excludes halogenated alkanes) is 3. The number of hydrogen-bond acceptors (Lipinski definition) is 5. The number of rotatable bonds is 13. The maximum absolute atomic E-state index is 12.4. The van der Waals surface area contributed by atoms with Crippen molar-refractivity contribution in [2.75, 3.05) is 13.7 Å². The summed E-state index contributed by atoms with van der Waals surface area (Å²) in [6.07, 6.45) is 12.5. The van der Waals surface area contributed by atoms with Gasteiger partial charge in [-0.25, -0.2) is 0 Å². The Morgan fingerprint density at radius 1 is 1.32 bits per heavy atom. The van der Waals surface area contributed by atoms with Crippen molar-refractivity contribution in [3.63, 3.8) is 0 Å².